The van der Waals surface area contributed by atoms with Gasteiger partial charge in [-0.25, -0.2) is 4.79 Å². The first-order valence-electron chi connectivity index (χ1n) is 10.5. The second-order valence-corrected chi connectivity index (χ2v) is 9.32. The summed E-state index contributed by atoms with van der Waals surface area (Å²) >= 11 is 0. The standard InChI is InChI=1S/C25H32N2O3/c1-7-30-23(29)17-8-11-21(26-16(2)28)22(14-17)27-18-9-10-19-20(15-18)25(5,6)13-12-24(19,3)4/h8-11,14-15,27H,7,12-13H2,1-6H3,(H,26,28). The molecule has 0 atom stereocenters. The van der Waals surface area contributed by atoms with E-state index in [1.807, 2.05) is 0 Å². The summed E-state index contributed by atoms with van der Waals surface area (Å²) in [5, 5.41) is 6.24. The molecule has 30 heavy (non-hydrogen) atoms. The quantitative estimate of drug-likeness (QED) is 0.603. The molecule has 3 rings (SSSR count). The van der Waals surface area contributed by atoms with Gasteiger partial charge in [0.25, 0.3) is 0 Å². The van der Waals surface area contributed by atoms with E-state index in [9.17, 15) is 9.59 Å². The van der Waals surface area contributed by atoms with Crippen molar-refractivity contribution in [2.75, 3.05) is 17.2 Å². The first kappa shape index (κ1) is 21.9. The van der Waals surface area contributed by atoms with E-state index < -0.39 is 0 Å². The average molecular weight is 409 g/mol. The van der Waals surface area contributed by atoms with Crippen LogP contribution in [0.5, 0.6) is 0 Å². The van der Waals surface area contributed by atoms with Crippen LogP contribution < -0.4 is 10.6 Å². The van der Waals surface area contributed by atoms with Gasteiger partial charge in [-0.05, 0) is 72.1 Å². The largest absolute Gasteiger partial charge is 0.462 e. The molecule has 1 aliphatic rings. The number of hydrogen-bond acceptors (Lipinski definition) is 4. The molecule has 160 valence electrons. The molecule has 2 aromatic carbocycles. The fourth-order valence-electron chi connectivity index (χ4n) is 4.11. The molecule has 0 aliphatic heterocycles. The van der Waals surface area contributed by atoms with Gasteiger partial charge < -0.3 is 15.4 Å². The fourth-order valence-corrected chi connectivity index (χ4v) is 4.11. The lowest BCUT2D eigenvalue weighted by Crippen LogP contribution is -2.33. The third-order valence-corrected chi connectivity index (χ3v) is 5.97. The lowest BCUT2D eigenvalue weighted by molar-refractivity contribution is -0.114. The summed E-state index contributed by atoms with van der Waals surface area (Å²) in [4.78, 5) is 23.9. The smallest absolute Gasteiger partial charge is 0.338 e. The Morgan fingerprint density at radius 2 is 1.60 bits per heavy atom. The van der Waals surface area contributed by atoms with Gasteiger partial charge in [-0.3, -0.25) is 4.79 Å². The number of benzene rings is 2. The number of fused-ring (bicyclic) bond motifs is 1. The maximum absolute atomic E-state index is 12.2. The van der Waals surface area contributed by atoms with Crippen LogP contribution >= 0.6 is 0 Å². The van der Waals surface area contributed by atoms with Gasteiger partial charge in [0.1, 0.15) is 0 Å². The maximum atomic E-state index is 12.2. The van der Waals surface area contributed by atoms with Crippen molar-refractivity contribution >= 4 is 28.9 Å². The van der Waals surface area contributed by atoms with Crippen molar-refractivity contribution in [3.8, 4) is 0 Å². The van der Waals surface area contributed by atoms with Crippen LogP contribution in [-0.2, 0) is 20.4 Å². The summed E-state index contributed by atoms with van der Waals surface area (Å²) in [5.41, 5.74) is 5.60. The highest BCUT2D eigenvalue weighted by Gasteiger charge is 2.37. The molecule has 5 heteroatoms. The summed E-state index contributed by atoms with van der Waals surface area (Å²) in [7, 11) is 0. The molecule has 0 bridgehead atoms. The van der Waals surface area contributed by atoms with E-state index in [0.717, 1.165) is 18.5 Å². The number of nitrogens with one attached hydrogen (secondary N) is 2. The summed E-state index contributed by atoms with van der Waals surface area (Å²) in [6.45, 7) is 12.7. The molecule has 0 unspecified atom stereocenters. The monoisotopic (exact) mass is 408 g/mol. The summed E-state index contributed by atoms with van der Waals surface area (Å²) in [6.07, 6.45) is 2.29. The molecule has 0 saturated heterocycles. The summed E-state index contributed by atoms with van der Waals surface area (Å²) in [5.74, 6) is -0.557. The summed E-state index contributed by atoms with van der Waals surface area (Å²) < 4.78 is 5.12. The minimum atomic E-state index is -0.386. The van der Waals surface area contributed by atoms with Crippen molar-refractivity contribution in [3.05, 3.63) is 53.1 Å². The van der Waals surface area contributed by atoms with Gasteiger partial charge >= 0.3 is 5.97 Å². The lowest BCUT2D eigenvalue weighted by atomic mass is 9.63. The third-order valence-electron chi connectivity index (χ3n) is 5.97. The molecule has 0 aromatic heterocycles. The normalized spacial score (nSPS) is 16.3. The molecule has 0 fully saturated rings. The minimum Gasteiger partial charge on any atom is -0.462 e. The van der Waals surface area contributed by atoms with Gasteiger partial charge in [0, 0.05) is 12.6 Å². The van der Waals surface area contributed by atoms with Crippen LogP contribution in [0.2, 0.25) is 0 Å². The first-order valence-corrected chi connectivity index (χ1v) is 10.5. The number of hydrogen-bond donors (Lipinski definition) is 2. The van der Waals surface area contributed by atoms with E-state index in [2.05, 4.69) is 56.5 Å². The van der Waals surface area contributed by atoms with Gasteiger partial charge in [-0.15, -0.1) is 0 Å². The molecule has 1 aliphatic carbocycles. The van der Waals surface area contributed by atoms with E-state index in [4.69, 9.17) is 4.74 Å². The molecule has 2 N–H and O–H groups in total. The number of carbonyl (C=O) groups excluding carboxylic acids is 2. The zero-order valence-corrected chi connectivity index (χ0v) is 18.8. The van der Waals surface area contributed by atoms with Crippen molar-refractivity contribution in [2.24, 2.45) is 0 Å². The fraction of sp³-hybridized carbons (Fsp3) is 0.440. The van der Waals surface area contributed by atoms with Crippen LogP contribution in [0.25, 0.3) is 0 Å². The van der Waals surface area contributed by atoms with E-state index in [-0.39, 0.29) is 22.7 Å². The Labute approximate surface area is 179 Å². The van der Waals surface area contributed by atoms with Crippen LogP contribution in [0, 0.1) is 0 Å². The maximum Gasteiger partial charge on any atom is 0.338 e. The molecular weight excluding hydrogens is 376 g/mol. The van der Waals surface area contributed by atoms with Gasteiger partial charge in [-0.2, -0.15) is 0 Å². The molecule has 2 aromatic rings. The number of anilines is 3. The molecule has 1 amide bonds. The predicted octanol–water partition coefficient (Wildman–Crippen LogP) is 5.91. The van der Waals surface area contributed by atoms with Crippen LogP contribution in [-0.4, -0.2) is 18.5 Å². The van der Waals surface area contributed by atoms with E-state index in [0.29, 0.717) is 23.5 Å². The summed E-state index contributed by atoms with van der Waals surface area (Å²) in [6, 6.07) is 11.6. The second-order valence-electron chi connectivity index (χ2n) is 9.32. The molecular formula is C25H32N2O3. The molecule has 0 heterocycles. The Bertz CT molecular complexity index is 976. The van der Waals surface area contributed by atoms with Crippen LogP contribution in [0.4, 0.5) is 17.1 Å². The van der Waals surface area contributed by atoms with Crippen molar-refractivity contribution < 1.29 is 14.3 Å². The van der Waals surface area contributed by atoms with Crippen molar-refractivity contribution in [3.63, 3.8) is 0 Å². The number of rotatable bonds is 5. The zero-order chi connectivity index (χ0) is 22.1. The van der Waals surface area contributed by atoms with E-state index in [1.54, 1.807) is 25.1 Å². The van der Waals surface area contributed by atoms with Gasteiger partial charge in [-0.1, -0.05) is 33.8 Å². The topological polar surface area (TPSA) is 67.4 Å². The molecule has 5 nitrogen and oxygen atoms in total. The van der Waals surface area contributed by atoms with E-state index >= 15 is 0 Å². The van der Waals surface area contributed by atoms with E-state index in [1.165, 1.54) is 18.1 Å². The average Bonchev–Trinajstić information content (AvgIpc) is 2.67. The molecule has 0 saturated carbocycles. The Hall–Kier alpha value is -2.82. The SMILES string of the molecule is CCOC(=O)c1ccc(NC(C)=O)c(Nc2ccc3c(c2)C(C)(C)CCC3(C)C)c1. The molecule has 0 spiro atoms. The molecule has 0 radical (unpaired) electrons. The zero-order valence-electron chi connectivity index (χ0n) is 18.8. The Morgan fingerprint density at radius 1 is 0.933 bits per heavy atom. The van der Waals surface area contributed by atoms with Crippen molar-refractivity contribution in [2.45, 2.75) is 65.2 Å². The van der Waals surface area contributed by atoms with Gasteiger partial charge in [0.05, 0.1) is 23.5 Å². The second kappa shape index (κ2) is 8.13. The lowest BCUT2D eigenvalue weighted by Gasteiger charge is -2.42. The first-order chi connectivity index (χ1) is 14.0. The highest BCUT2D eigenvalue weighted by Crippen LogP contribution is 2.46. The Morgan fingerprint density at radius 3 is 2.23 bits per heavy atom. The Kier molecular flexibility index (Phi) is 5.93. The number of ether oxygens (including phenoxy) is 1. The van der Waals surface area contributed by atoms with Crippen LogP contribution in [0.3, 0.4) is 0 Å². The van der Waals surface area contributed by atoms with Crippen LogP contribution in [0.1, 0.15) is 75.9 Å². The van der Waals surface area contributed by atoms with Crippen molar-refractivity contribution in [1.82, 2.24) is 0 Å². The number of carbonyl (C=O) groups is 2. The van der Waals surface area contributed by atoms with Gasteiger partial charge in [0.2, 0.25) is 5.91 Å². The number of amides is 1. The minimum absolute atomic E-state index is 0.0930. The Balaban J connectivity index is 2.01. The third kappa shape index (κ3) is 4.50. The highest BCUT2D eigenvalue weighted by molar-refractivity contribution is 5.97. The predicted molar refractivity (Wildman–Crippen MR) is 122 cm³/mol. The van der Waals surface area contributed by atoms with Crippen molar-refractivity contribution in [1.29, 1.82) is 0 Å². The van der Waals surface area contributed by atoms with Crippen LogP contribution in [0.15, 0.2) is 36.4 Å². The number of esters is 1. The highest BCUT2D eigenvalue weighted by atomic mass is 16.5. The van der Waals surface area contributed by atoms with Gasteiger partial charge in [0.15, 0.2) is 0 Å².